The number of halogens is 3. The monoisotopic (exact) mass is 524 g/mol. The van der Waals surface area contributed by atoms with Gasteiger partial charge >= 0.3 is 0 Å². The molecule has 0 aliphatic heterocycles. The highest BCUT2D eigenvalue weighted by Gasteiger charge is 2.26. The summed E-state index contributed by atoms with van der Waals surface area (Å²) in [6.45, 7) is 3.58. The van der Waals surface area contributed by atoms with Crippen LogP contribution in [0.2, 0.25) is 0 Å². The van der Waals surface area contributed by atoms with E-state index in [9.17, 15) is 18.0 Å². The summed E-state index contributed by atoms with van der Waals surface area (Å²) in [6.07, 6.45) is 7.66. The topological polar surface area (TPSA) is 69.0 Å². The lowest BCUT2D eigenvalue weighted by Crippen LogP contribution is -2.39. The summed E-state index contributed by atoms with van der Waals surface area (Å²) in [5.41, 5.74) is 1.20. The second-order valence-electron chi connectivity index (χ2n) is 8.81. The molecule has 5 rings (SSSR count). The van der Waals surface area contributed by atoms with Crippen LogP contribution >= 0.6 is 11.3 Å². The van der Waals surface area contributed by atoms with Crippen LogP contribution in [0.5, 0.6) is 5.75 Å². The molecule has 190 valence electrons. The van der Waals surface area contributed by atoms with Crippen LogP contribution in [0, 0.1) is 18.6 Å². The van der Waals surface area contributed by atoms with Crippen molar-refractivity contribution in [2.45, 2.75) is 38.5 Å². The fourth-order valence-electron chi connectivity index (χ4n) is 4.23. The van der Waals surface area contributed by atoms with Crippen molar-refractivity contribution in [2.24, 2.45) is 0 Å². The van der Waals surface area contributed by atoms with Gasteiger partial charge in [0.15, 0.2) is 16.6 Å². The van der Waals surface area contributed by atoms with E-state index in [1.54, 1.807) is 37.5 Å². The lowest BCUT2D eigenvalue weighted by molar-refractivity contribution is 0.0881. The van der Waals surface area contributed by atoms with E-state index in [4.69, 9.17) is 4.74 Å². The van der Waals surface area contributed by atoms with Crippen LogP contribution in [-0.2, 0) is 0 Å². The number of nitrogens with zero attached hydrogens (tertiary/aromatic N) is 3. The van der Waals surface area contributed by atoms with Crippen LogP contribution in [-0.4, -0.2) is 26.7 Å². The molecule has 0 bridgehead atoms. The first kappa shape index (κ1) is 24.8. The van der Waals surface area contributed by atoms with E-state index in [0.717, 1.165) is 27.9 Å². The van der Waals surface area contributed by atoms with E-state index >= 15 is 0 Å². The van der Waals surface area contributed by atoms with Gasteiger partial charge in [0, 0.05) is 16.5 Å². The third kappa shape index (κ3) is 5.29. The molecule has 1 unspecified atom stereocenters. The Morgan fingerprint density at radius 3 is 2.70 bits per heavy atom. The minimum Gasteiger partial charge on any atom is -0.484 e. The number of amides is 1. The van der Waals surface area contributed by atoms with Gasteiger partial charge in [0.05, 0.1) is 23.8 Å². The van der Waals surface area contributed by atoms with Gasteiger partial charge < -0.3 is 10.1 Å². The Bertz CT molecular complexity index is 1530. The van der Waals surface area contributed by atoms with E-state index in [0.29, 0.717) is 22.7 Å². The molecule has 2 aromatic heterocycles. The molecule has 2 heterocycles. The molecule has 0 spiro atoms. The van der Waals surface area contributed by atoms with Gasteiger partial charge in [-0.25, -0.2) is 18.2 Å². The van der Waals surface area contributed by atoms with E-state index in [-0.39, 0.29) is 17.8 Å². The van der Waals surface area contributed by atoms with Gasteiger partial charge in [-0.3, -0.25) is 9.48 Å². The number of allylic oxidation sites excluding steroid dienone is 4. The zero-order valence-corrected chi connectivity index (χ0v) is 20.8. The van der Waals surface area contributed by atoms with Crippen molar-refractivity contribution < 1.29 is 22.7 Å². The molecule has 6 nitrogen and oxygen atoms in total. The zero-order chi connectivity index (χ0) is 26.1. The first-order valence-electron chi connectivity index (χ1n) is 11.6. The number of thiazole rings is 1. The Morgan fingerprint density at radius 2 is 2.00 bits per heavy atom. The Morgan fingerprint density at radius 1 is 1.16 bits per heavy atom. The van der Waals surface area contributed by atoms with E-state index in [1.807, 2.05) is 17.7 Å². The summed E-state index contributed by atoms with van der Waals surface area (Å²) < 4.78 is 49.2. The highest BCUT2D eigenvalue weighted by atomic mass is 32.1. The summed E-state index contributed by atoms with van der Waals surface area (Å²) in [4.78, 5) is 17.7. The van der Waals surface area contributed by atoms with Crippen molar-refractivity contribution in [3.05, 3.63) is 99.9 Å². The maximum Gasteiger partial charge on any atom is 0.280 e. The van der Waals surface area contributed by atoms with Crippen LogP contribution in [0.25, 0.3) is 10.9 Å². The molecule has 1 amide bonds. The number of benzene rings is 2. The lowest BCUT2D eigenvalue weighted by atomic mass is 10.0. The van der Waals surface area contributed by atoms with Gasteiger partial charge in [0.1, 0.15) is 17.7 Å². The van der Waals surface area contributed by atoms with Crippen molar-refractivity contribution >= 4 is 28.1 Å². The van der Waals surface area contributed by atoms with E-state index in [2.05, 4.69) is 15.4 Å². The minimum absolute atomic E-state index is 0.108. The van der Waals surface area contributed by atoms with Crippen molar-refractivity contribution in [2.75, 3.05) is 0 Å². The molecule has 3 atom stereocenters. The Balaban J connectivity index is 1.42. The molecule has 37 heavy (non-hydrogen) atoms. The number of hydrogen-bond acceptors (Lipinski definition) is 5. The van der Waals surface area contributed by atoms with Crippen molar-refractivity contribution in [1.29, 1.82) is 0 Å². The minimum atomic E-state index is -1.01. The molecular formula is C27H23F3N4O2S. The maximum absolute atomic E-state index is 14.1. The Labute approximate surface area is 215 Å². The molecule has 1 aliphatic carbocycles. The number of ether oxygens (including phenoxy) is 1. The number of carbonyl (C=O) groups is 1. The molecule has 1 N–H and O–H groups in total. The van der Waals surface area contributed by atoms with Crippen LogP contribution in [0.15, 0.2) is 72.8 Å². The predicted octanol–water partition coefficient (Wildman–Crippen LogP) is 6.37. The summed E-state index contributed by atoms with van der Waals surface area (Å²) in [7, 11) is 0. The highest BCUT2D eigenvalue weighted by molar-refractivity contribution is 7.13. The maximum atomic E-state index is 14.1. The first-order chi connectivity index (χ1) is 17.8. The van der Waals surface area contributed by atoms with Gasteiger partial charge in [-0.1, -0.05) is 12.1 Å². The van der Waals surface area contributed by atoms with Crippen molar-refractivity contribution in [3.8, 4) is 5.75 Å². The number of aromatic nitrogens is 3. The molecule has 2 aromatic carbocycles. The summed E-state index contributed by atoms with van der Waals surface area (Å²) in [6, 6.07) is 8.17. The first-order valence-corrected chi connectivity index (χ1v) is 12.5. The second-order valence-corrected chi connectivity index (χ2v) is 10.0. The SMILES string of the molecule is Cc1cnc(C(=O)N[C@@H](C)[C@H](Oc2ccc3c(cnn3C3C=CC(F)=CC3)c2)c2ccc(F)c(F)c2)s1. The van der Waals surface area contributed by atoms with Crippen LogP contribution < -0.4 is 10.1 Å². The summed E-state index contributed by atoms with van der Waals surface area (Å²) in [5.74, 6) is -2.18. The molecule has 0 saturated heterocycles. The van der Waals surface area contributed by atoms with Gasteiger partial charge in [0.25, 0.3) is 5.91 Å². The zero-order valence-electron chi connectivity index (χ0n) is 20.0. The van der Waals surface area contributed by atoms with Crippen molar-refractivity contribution in [1.82, 2.24) is 20.1 Å². The van der Waals surface area contributed by atoms with E-state index in [1.165, 1.54) is 29.6 Å². The molecule has 0 radical (unpaired) electrons. The molecule has 0 saturated carbocycles. The van der Waals surface area contributed by atoms with Crippen LogP contribution in [0.1, 0.15) is 45.7 Å². The average Bonchev–Trinajstić information content (AvgIpc) is 3.51. The lowest BCUT2D eigenvalue weighted by Gasteiger charge is -2.26. The van der Waals surface area contributed by atoms with E-state index < -0.39 is 23.8 Å². The number of hydrogen-bond donors (Lipinski definition) is 1. The third-order valence-corrected chi connectivity index (χ3v) is 6.99. The summed E-state index contributed by atoms with van der Waals surface area (Å²) >= 11 is 1.26. The molecule has 0 fully saturated rings. The fraction of sp³-hybridized carbons (Fsp3) is 0.222. The van der Waals surface area contributed by atoms with Gasteiger partial charge in [-0.05, 0) is 68.3 Å². The largest absolute Gasteiger partial charge is 0.484 e. The third-order valence-electron chi connectivity index (χ3n) is 6.08. The Kier molecular flexibility index (Phi) is 6.84. The molecule has 1 aliphatic rings. The smallest absolute Gasteiger partial charge is 0.280 e. The van der Waals surface area contributed by atoms with Gasteiger partial charge in [-0.15, -0.1) is 11.3 Å². The quantitative estimate of drug-likeness (QED) is 0.305. The fourth-order valence-corrected chi connectivity index (χ4v) is 4.90. The average molecular weight is 525 g/mol. The molecule has 10 heteroatoms. The molecular weight excluding hydrogens is 501 g/mol. The number of carbonyl (C=O) groups excluding carboxylic acids is 1. The highest BCUT2D eigenvalue weighted by Crippen LogP contribution is 2.31. The predicted molar refractivity (Wildman–Crippen MR) is 135 cm³/mol. The number of fused-ring (bicyclic) bond motifs is 1. The second kappa shape index (κ2) is 10.2. The van der Waals surface area contributed by atoms with Crippen molar-refractivity contribution in [3.63, 3.8) is 0 Å². The van der Waals surface area contributed by atoms with Crippen LogP contribution in [0.3, 0.4) is 0 Å². The number of nitrogens with one attached hydrogen (secondary N) is 1. The normalized spacial score (nSPS) is 16.9. The number of rotatable bonds is 7. The van der Waals surface area contributed by atoms with Gasteiger partial charge in [-0.2, -0.15) is 5.10 Å². The van der Waals surface area contributed by atoms with Crippen LogP contribution in [0.4, 0.5) is 13.2 Å². The number of aryl methyl sites for hydroxylation is 1. The molecule has 4 aromatic rings. The Hall–Kier alpha value is -3.92. The van der Waals surface area contributed by atoms with Gasteiger partial charge in [0.2, 0.25) is 0 Å². The summed E-state index contributed by atoms with van der Waals surface area (Å²) in [5, 5.41) is 8.41. The standard InChI is InChI=1S/C27H23F3N4O2S/c1-15-13-31-27(37-15)26(35)33-16(2)25(17-3-9-22(29)23(30)12-17)36-21-8-10-24-18(11-21)14-32-34(24)20-6-4-19(28)5-7-20/h3-6,8-14,16,20,25H,7H2,1-2H3,(H,33,35)/t16-,20?,25-/m0/s1.